The molecule has 3 N–H and O–H groups in total. The Kier molecular flexibility index (Phi) is 12.0. The zero-order valence-corrected chi connectivity index (χ0v) is 25.5. The van der Waals surface area contributed by atoms with Gasteiger partial charge >= 0.3 is 0 Å². The molecular formula is C32H47N3O4S. The summed E-state index contributed by atoms with van der Waals surface area (Å²) in [5.41, 5.74) is 10.1. The first-order valence-corrected chi connectivity index (χ1v) is 15.6. The van der Waals surface area contributed by atoms with Gasteiger partial charge in [0.05, 0.1) is 28.2 Å². The third-order valence-corrected chi connectivity index (χ3v) is 8.97. The highest BCUT2D eigenvalue weighted by molar-refractivity contribution is 7.13. The second-order valence-electron chi connectivity index (χ2n) is 12.3. The summed E-state index contributed by atoms with van der Waals surface area (Å²) in [6.45, 7) is 8.74. The molecule has 1 aromatic carbocycles. The number of hydrogen-bond donors (Lipinski definition) is 2. The minimum absolute atomic E-state index is 0.0382. The fourth-order valence-electron chi connectivity index (χ4n) is 5.49. The summed E-state index contributed by atoms with van der Waals surface area (Å²) in [5, 5.41) is 10.4. The smallest absolute Gasteiger partial charge is 0.227 e. The van der Waals surface area contributed by atoms with Crippen molar-refractivity contribution in [2.75, 3.05) is 13.1 Å². The Balaban J connectivity index is 1.59. The van der Waals surface area contributed by atoms with Crippen molar-refractivity contribution in [1.29, 1.82) is 0 Å². The summed E-state index contributed by atoms with van der Waals surface area (Å²) < 4.78 is 0. The first-order valence-electron chi connectivity index (χ1n) is 14.7. The maximum absolute atomic E-state index is 13.8. The van der Waals surface area contributed by atoms with Crippen molar-refractivity contribution in [3.8, 4) is 10.4 Å². The number of unbranched alkanes of at least 4 members (excludes halogenated alkanes) is 4. The number of aliphatic hydroxyl groups excluding tert-OH is 1. The van der Waals surface area contributed by atoms with Crippen molar-refractivity contribution in [2.24, 2.45) is 17.1 Å². The van der Waals surface area contributed by atoms with Crippen LogP contribution in [0.15, 0.2) is 29.8 Å². The summed E-state index contributed by atoms with van der Waals surface area (Å²) in [6.07, 6.45) is 5.99. The molecule has 1 amide bonds. The molecule has 3 atom stereocenters. The Labute approximate surface area is 243 Å². The highest BCUT2D eigenvalue weighted by Crippen LogP contribution is 2.34. The zero-order valence-electron chi connectivity index (χ0n) is 24.7. The number of Topliss-reactive ketones (excluding diaryl/α,β-unsaturated/α-hetero) is 2. The molecule has 2 aromatic rings. The molecule has 220 valence electrons. The van der Waals surface area contributed by atoms with Crippen LogP contribution in [-0.4, -0.2) is 57.7 Å². The van der Waals surface area contributed by atoms with E-state index in [1.165, 1.54) is 0 Å². The molecular weight excluding hydrogens is 522 g/mol. The number of ketones is 2. The number of likely N-dealkylation sites (tertiary alicyclic amines) is 1. The van der Waals surface area contributed by atoms with Gasteiger partial charge in [0.1, 0.15) is 5.78 Å². The maximum Gasteiger partial charge on any atom is 0.227 e. The molecule has 3 rings (SSSR count). The van der Waals surface area contributed by atoms with Gasteiger partial charge in [-0.3, -0.25) is 14.4 Å². The zero-order chi connectivity index (χ0) is 29.3. The molecule has 8 heteroatoms. The Hall–Kier alpha value is -2.42. The average Bonchev–Trinajstić information content (AvgIpc) is 3.52. The summed E-state index contributed by atoms with van der Waals surface area (Å²) in [6, 6.07) is 7.53. The quantitative estimate of drug-likeness (QED) is 0.274. The molecule has 0 bridgehead atoms. The van der Waals surface area contributed by atoms with Gasteiger partial charge in [-0.1, -0.05) is 64.3 Å². The van der Waals surface area contributed by atoms with Crippen LogP contribution in [0.3, 0.4) is 0 Å². The van der Waals surface area contributed by atoms with Gasteiger partial charge in [0.25, 0.3) is 0 Å². The number of amides is 1. The summed E-state index contributed by atoms with van der Waals surface area (Å²) in [7, 11) is 0. The van der Waals surface area contributed by atoms with E-state index in [1.807, 2.05) is 45.3 Å². The third-order valence-electron chi connectivity index (χ3n) is 7.99. The van der Waals surface area contributed by atoms with Gasteiger partial charge in [-0.25, -0.2) is 4.98 Å². The Morgan fingerprint density at radius 1 is 1.07 bits per heavy atom. The number of carbonyl (C=O) groups is 3. The second kappa shape index (κ2) is 15.0. The second-order valence-corrected chi connectivity index (χ2v) is 13.1. The van der Waals surface area contributed by atoms with E-state index in [-0.39, 0.29) is 36.9 Å². The van der Waals surface area contributed by atoms with Crippen LogP contribution in [0.4, 0.5) is 0 Å². The highest BCUT2D eigenvalue weighted by Gasteiger charge is 2.43. The molecule has 40 heavy (non-hydrogen) atoms. The van der Waals surface area contributed by atoms with E-state index in [0.29, 0.717) is 25.8 Å². The molecule has 0 spiro atoms. The normalized spacial score (nSPS) is 18.2. The predicted molar refractivity (Wildman–Crippen MR) is 161 cm³/mol. The van der Waals surface area contributed by atoms with E-state index < -0.39 is 23.5 Å². The molecule has 7 nitrogen and oxygen atoms in total. The van der Waals surface area contributed by atoms with E-state index in [9.17, 15) is 19.5 Å². The fraction of sp³-hybridized carbons (Fsp3) is 0.625. The van der Waals surface area contributed by atoms with E-state index in [0.717, 1.165) is 53.8 Å². The average molecular weight is 570 g/mol. The SMILES string of the molecule is Cc1ncsc1-c1ccc(CCC(=O)[C@@H]2C[C@@H](O)CN2C(=O)[C@@H](CC(=O)CCCCCCCN)C(C)(C)C)cc1. The monoisotopic (exact) mass is 569 g/mol. The number of aliphatic hydroxyl groups is 1. The van der Waals surface area contributed by atoms with Crippen molar-refractivity contribution < 1.29 is 19.5 Å². The lowest BCUT2D eigenvalue weighted by atomic mass is 9.76. The summed E-state index contributed by atoms with van der Waals surface area (Å²) >= 11 is 1.61. The van der Waals surface area contributed by atoms with Crippen LogP contribution >= 0.6 is 11.3 Å². The number of aromatic nitrogens is 1. The van der Waals surface area contributed by atoms with Crippen LogP contribution in [0, 0.1) is 18.3 Å². The van der Waals surface area contributed by atoms with Gasteiger partial charge < -0.3 is 15.7 Å². The van der Waals surface area contributed by atoms with Crippen molar-refractivity contribution in [2.45, 2.75) is 104 Å². The molecule has 0 radical (unpaired) electrons. The van der Waals surface area contributed by atoms with Crippen molar-refractivity contribution in [3.63, 3.8) is 0 Å². The lowest BCUT2D eigenvalue weighted by Gasteiger charge is -2.34. The van der Waals surface area contributed by atoms with Crippen molar-refractivity contribution >= 4 is 28.8 Å². The number of nitrogens with two attached hydrogens (primary N) is 1. The number of benzene rings is 1. The fourth-order valence-corrected chi connectivity index (χ4v) is 6.30. The Morgan fingerprint density at radius 3 is 2.38 bits per heavy atom. The lowest BCUT2D eigenvalue weighted by molar-refractivity contribution is -0.145. The van der Waals surface area contributed by atoms with E-state index in [4.69, 9.17) is 5.73 Å². The molecule has 0 aliphatic carbocycles. The van der Waals surface area contributed by atoms with E-state index in [1.54, 1.807) is 16.2 Å². The van der Waals surface area contributed by atoms with Gasteiger partial charge in [0, 0.05) is 38.1 Å². The van der Waals surface area contributed by atoms with Crippen LogP contribution in [0.1, 0.15) is 89.8 Å². The molecule has 1 aliphatic heterocycles. The van der Waals surface area contributed by atoms with Crippen molar-refractivity contribution in [1.82, 2.24) is 9.88 Å². The number of β-amino-alcohol motifs (C(OH)–C–C–N with tert-alkyl or cyclic N) is 1. The molecule has 2 heterocycles. The number of rotatable bonds is 15. The molecule has 1 saturated heterocycles. The number of aryl methyl sites for hydroxylation is 2. The van der Waals surface area contributed by atoms with Crippen LogP contribution < -0.4 is 5.73 Å². The van der Waals surface area contributed by atoms with E-state index in [2.05, 4.69) is 17.1 Å². The minimum Gasteiger partial charge on any atom is -0.391 e. The standard InChI is InChI=1S/C32H47N3O4S/c1-22-30(40-21-34-22)24-14-11-23(12-15-24)13-16-29(38)28-19-26(37)20-35(28)31(39)27(32(2,3)4)18-25(36)10-8-6-5-7-9-17-33/h11-12,14-15,21,26-28,37H,5-10,13,16-20,33H2,1-4H3/t26-,27-,28+/m1/s1. The third kappa shape index (κ3) is 9.05. The van der Waals surface area contributed by atoms with Crippen LogP contribution in [-0.2, 0) is 20.8 Å². The van der Waals surface area contributed by atoms with Crippen molar-refractivity contribution in [3.05, 3.63) is 41.0 Å². The number of hydrogen-bond acceptors (Lipinski definition) is 7. The van der Waals surface area contributed by atoms with Gasteiger partial charge in [0.2, 0.25) is 5.91 Å². The molecule has 0 unspecified atom stereocenters. The minimum atomic E-state index is -0.732. The van der Waals surface area contributed by atoms with E-state index >= 15 is 0 Å². The van der Waals surface area contributed by atoms with Crippen LogP contribution in [0.2, 0.25) is 0 Å². The van der Waals surface area contributed by atoms with Gasteiger partial charge in [-0.2, -0.15) is 0 Å². The highest BCUT2D eigenvalue weighted by atomic mass is 32.1. The molecule has 1 aliphatic rings. The Bertz CT molecular complexity index is 1120. The van der Waals surface area contributed by atoms with Gasteiger partial charge in [-0.15, -0.1) is 11.3 Å². The summed E-state index contributed by atoms with van der Waals surface area (Å²) in [4.78, 5) is 47.0. The first-order chi connectivity index (χ1) is 19.0. The van der Waals surface area contributed by atoms with Crippen LogP contribution in [0.25, 0.3) is 10.4 Å². The topological polar surface area (TPSA) is 114 Å². The van der Waals surface area contributed by atoms with Gasteiger partial charge in [0.15, 0.2) is 5.78 Å². The number of carbonyl (C=O) groups excluding carboxylic acids is 3. The maximum atomic E-state index is 13.8. The molecule has 1 aromatic heterocycles. The Morgan fingerprint density at radius 2 is 1.75 bits per heavy atom. The molecule has 1 fully saturated rings. The van der Waals surface area contributed by atoms with Gasteiger partial charge in [-0.05, 0) is 49.3 Å². The largest absolute Gasteiger partial charge is 0.391 e. The predicted octanol–water partition coefficient (Wildman–Crippen LogP) is 5.50. The first kappa shape index (κ1) is 32.1. The number of nitrogens with zero attached hydrogens (tertiary/aromatic N) is 2. The molecule has 0 saturated carbocycles. The van der Waals surface area contributed by atoms with Crippen LogP contribution in [0.5, 0.6) is 0 Å². The lowest BCUT2D eigenvalue weighted by Crippen LogP contribution is -2.47. The number of thiazole rings is 1. The summed E-state index contributed by atoms with van der Waals surface area (Å²) in [5.74, 6) is -0.668.